The maximum Gasteiger partial charge on any atom is 0.415 e. The molecular weight excluding hydrogens is 546 g/mol. The van der Waals surface area contributed by atoms with Gasteiger partial charge in [0.1, 0.15) is 22.3 Å². The summed E-state index contributed by atoms with van der Waals surface area (Å²) in [4.78, 5) is 48.7. The summed E-state index contributed by atoms with van der Waals surface area (Å²) in [6.45, 7) is 15.1. The second-order valence-corrected chi connectivity index (χ2v) is 11.6. The van der Waals surface area contributed by atoms with Crippen LogP contribution in [0.5, 0.6) is 5.75 Å². The van der Waals surface area contributed by atoms with Crippen molar-refractivity contribution < 1.29 is 23.9 Å². The molecule has 3 rings (SSSR count). The van der Waals surface area contributed by atoms with Crippen molar-refractivity contribution in [2.24, 2.45) is 0 Å². The van der Waals surface area contributed by atoms with Crippen LogP contribution in [-0.4, -0.2) is 50.6 Å². The zero-order valence-electron chi connectivity index (χ0n) is 24.6. The summed E-state index contributed by atoms with van der Waals surface area (Å²) in [7, 11) is 0. The number of aromatic nitrogens is 2. The third-order valence-corrected chi connectivity index (χ3v) is 5.96. The van der Waals surface area contributed by atoms with Gasteiger partial charge in [-0.1, -0.05) is 17.7 Å². The highest BCUT2D eigenvalue weighted by Gasteiger charge is 2.27. The zero-order valence-corrected chi connectivity index (χ0v) is 25.3. The molecule has 218 valence electrons. The fourth-order valence-corrected chi connectivity index (χ4v) is 4.16. The largest absolute Gasteiger partial charge is 0.444 e. The maximum absolute atomic E-state index is 13.2. The second-order valence-electron chi connectivity index (χ2n) is 11.3. The second kappa shape index (κ2) is 12.6. The fraction of sp³-hybridized carbons (Fsp3) is 0.367. The summed E-state index contributed by atoms with van der Waals surface area (Å²) in [6, 6.07) is 13.1. The summed E-state index contributed by atoms with van der Waals surface area (Å²) in [5, 5.41) is 5.50. The molecule has 1 aromatic carbocycles. The van der Waals surface area contributed by atoms with E-state index in [4.69, 9.17) is 21.1 Å². The van der Waals surface area contributed by atoms with Crippen LogP contribution in [0.1, 0.15) is 64.5 Å². The van der Waals surface area contributed by atoms with Crippen LogP contribution < -0.4 is 15.4 Å². The minimum absolute atomic E-state index is 0.0812. The van der Waals surface area contributed by atoms with Crippen molar-refractivity contribution in [1.82, 2.24) is 14.9 Å². The lowest BCUT2D eigenvalue weighted by Gasteiger charge is -2.33. The molecular formula is C30H36ClN5O5. The molecule has 0 bridgehead atoms. The topological polar surface area (TPSA) is 123 Å². The Morgan fingerprint density at radius 1 is 0.951 bits per heavy atom. The van der Waals surface area contributed by atoms with E-state index in [0.717, 1.165) is 0 Å². The van der Waals surface area contributed by atoms with Crippen molar-refractivity contribution in [3.8, 4) is 17.0 Å². The molecule has 2 aromatic heterocycles. The van der Waals surface area contributed by atoms with Gasteiger partial charge in [0.25, 0.3) is 5.91 Å². The number of halogens is 1. The molecule has 0 aliphatic rings. The number of hydrogen-bond donors (Lipinski definition) is 2. The molecule has 0 aliphatic carbocycles. The third kappa shape index (κ3) is 8.65. The van der Waals surface area contributed by atoms with Crippen molar-refractivity contribution in [3.05, 3.63) is 64.9 Å². The summed E-state index contributed by atoms with van der Waals surface area (Å²) >= 11 is 6.19. The summed E-state index contributed by atoms with van der Waals surface area (Å²) < 4.78 is 11.2. The van der Waals surface area contributed by atoms with Crippen molar-refractivity contribution in [2.75, 3.05) is 17.2 Å². The summed E-state index contributed by atoms with van der Waals surface area (Å²) in [6.07, 6.45) is -1.21. The smallest absolute Gasteiger partial charge is 0.415 e. The number of benzene rings is 1. The van der Waals surface area contributed by atoms with E-state index in [-0.39, 0.29) is 22.3 Å². The first-order valence-corrected chi connectivity index (χ1v) is 13.5. The standard InChI is InChI=1S/C30H36ClN5O5/c1-9-36(29(3,4)5)28(39)40-23-16-14-19(33-26(37)20-15-13-18(2)32-25(20)31)17-21(23)22-11-10-12-24(34-22)35-27(38)41-30(6,7)8/h10-17H,9H2,1-8H3,(H,33,37)(H,34,35,38). The number of carbonyl (C=O) groups excluding carboxylic acids is 3. The molecule has 0 aliphatic heterocycles. The zero-order chi connectivity index (χ0) is 30.5. The SMILES string of the molecule is CCN(C(=O)Oc1ccc(NC(=O)c2ccc(C)nc2Cl)cc1-c1cccc(NC(=O)OC(C)(C)C)n1)C(C)(C)C. The number of nitrogens with one attached hydrogen (secondary N) is 2. The normalized spacial score (nSPS) is 11.4. The van der Waals surface area contributed by atoms with Gasteiger partial charge in [0.2, 0.25) is 0 Å². The molecule has 0 radical (unpaired) electrons. The van der Waals surface area contributed by atoms with E-state index in [1.807, 2.05) is 27.7 Å². The average molecular weight is 582 g/mol. The van der Waals surface area contributed by atoms with Gasteiger partial charge >= 0.3 is 12.2 Å². The lowest BCUT2D eigenvalue weighted by atomic mass is 10.1. The number of pyridine rings is 2. The first-order valence-electron chi connectivity index (χ1n) is 13.1. The van der Waals surface area contributed by atoms with Crippen LogP contribution in [0.25, 0.3) is 11.3 Å². The molecule has 3 amide bonds. The average Bonchev–Trinajstić information content (AvgIpc) is 2.83. The van der Waals surface area contributed by atoms with Crippen molar-refractivity contribution in [1.29, 1.82) is 0 Å². The third-order valence-electron chi connectivity index (χ3n) is 5.67. The lowest BCUT2D eigenvalue weighted by molar-refractivity contribution is 0.0635. The van der Waals surface area contributed by atoms with Crippen molar-refractivity contribution in [3.63, 3.8) is 0 Å². The minimum atomic E-state index is -0.691. The fourth-order valence-electron chi connectivity index (χ4n) is 3.88. The van der Waals surface area contributed by atoms with E-state index < -0.39 is 29.2 Å². The van der Waals surface area contributed by atoms with E-state index in [1.54, 1.807) is 81.1 Å². The van der Waals surface area contributed by atoms with Crippen LogP contribution in [0.3, 0.4) is 0 Å². The lowest BCUT2D eigenvalue weighted by Crippen LogP contribution is -2.46. The molecule has 0 unspecified atom stereocenters. The molecule has 2 heterocycles. The predicted octanol–water partition coefficient (Wildman–Crippen LogP) is 7.32. The number of carbonyl (C=O) groups is 3. The number of aryl methyl sites for hydroxylation is 1. The Kier molecular flexibility index (Phi) is 9.60. The van der Waals surface area contributed by atoms with Gasteiger partial charge in [0.05, 0.1) is 11.3 Å². The first kappa shape index (κ1) is 31.3. The van der Waals surface area contributed by atoms with Gasteiger partial charge in [-0.3, -0.25) is 10.1 Å². The Hall–Kier alpha value is -4.18. The van der Waals surface area contributed by atoms with Gasteiger partial charge in [-0.2, -0.15) is 0 Å². The van der Waals surface area contributed by atoms with Crippen LogP contribution >= 0.6 is 11.6 Å². The van der Waals surface area contributed by atoms with Crippen molar-refractivity contribution in [2.45, 2.75) is 66.5 Å². The molecule has 10 nitrogen and oxygen atoms in total. The molecule has 11 heteroatoms. The van der Waals surface area contributed by atoms with Crippen LogP contribution in [0.15, 0.2) is 48.5 Å². The monoisotopic (exact) mass is 581 g/mol. The number of rotatable bonds is 6. The van der Waals surface area contributed by atoms with Crippen LogP contribution in [0.4, 0.5) is 21.1 Å². The number of ether oxygens (including phenoxy) is 2. The van der Waals surface area contributed by atoms with Gasteiger partial charge in [0, 0.05) is 29.0 Å². The summed E-state index contributed by atoms with van der Waals surface area (Å²) in [5.74, 6) is -0.0186. The molecule has 2 N–H and O–H groups in total. The van der Waals surface area contributed by atoms with E-state index in [9.17, 15) is 14.4 Å². The van der Waals surface area contributed by atoms with E-state index >= 15 is 0 Å². The Labute approximate surface area is 245 Å². The van der Waals surface area contributed by atoms with Gasteiger partial charge in [-0.05, 0) is 97.9 Å². The highest BCUT2D eigenvalue weighted by Crippen LogP contribution is 2.34. The maximum atomic E-state index is 13.2. The van der Waals surface area contributed by atoms with Crippen LogP contribution in [0, 0.1) is 6.92 Å². The van der Waals surface area contributed by atoms with E-state index in [1.165, 1.54) is 0 Å². The van der Waals surface area contributed by atoms with Crippen LogP contribution in [0.2, 0.25) is 5.15 Å². The predicted molar refractivity (Wildman–Crippen MR) is 160 cm³/mol. The number of amides is 3. The molecule has 0 fully saturated rings. The highest BCUT2D eigenvalue weighted by molar-refractivity contribution is 6.33. The number of anilines is 2. The molecule has 0 saturated heterocycles. The summed E-state index contributed by atoms with van der Waals surface area (Å²) in [5.41, 5.74) is 0.910. The van der Waals surface area contributed by atoms with E-state index in [2.05, 4.69) is 20.6 Å². The van der Waals surface area contributed by atoms with Gasteiger partial charge in [-0.25, -0.2) is 19.6 Å². The Balaban J connectivity index is 2.01. The Morgan fingerprint density at radius 2 is 1.66 bits per heavy atom. The Morgan fingerprint density at radius 3 is 2.27 bits per heavy atom. The highest BCUT2D eigenvalue weighted by atomic mass is 35.5. The van der Waals surface area contributed by atoms with Gasteiger partial charge < -0.3 is 19.7 Å². The van der Waals surface area contributed by atoms with E-state index in [0.29, 0.717) is 29.2 Å². The quantitative estimate of drug-likeness (QED) is 0.292. The molecule has 0 saturated carbocycles. The number of nitrogens with zero attached hydrogens (tertiary/aromatic N) is 3. The van der Waals surface area contributed by atoms with Crippen molar-refractivity contribution >= 4 is 41.2 Å². The molecule has 0 atom stereocenters. The van der Waals surface area contributed by atoms with Gasteiger partial charge in [0.15, 0.2) is 0 Å². The minimum Gasteiger partial charge on any atom is -0.444 e. The first-order chi connectivity index (χ1) is 19.1. The molecule has 3 aromatic rings. The molecule has 41 heavy (non-hydrogen) atoms. The van der Waals surface area contributed by atoms with Gasteiger partial charge in [-0.15, -0.1) is 0 Å². The van der Waals surface area contributed by atoms with Crippen LogP contribution in [-0.2, 0) is 4.74 Å². The molecule has 0 spiro atoms. The number of hydrogen-bond acceptors (Lipinski definition) is 7. The Bertz CT molecular complexity index is 1450.